The number of hydrogen-bond acceptors (Lipinski definition) is 4. The third-order valence-electron chi connectivity index (χ3n) is 2.22. The van der Waals surface area contributed by atoms with Crippen LogP contribution in [0.15, 0.2) is 11.8 Å². The third-order valence-corrected chi connectivity index (χ3v) is 2.22. The van der Waals surface area contributed by atoms with Crippen molar-refractivity contribution in [2.24, 2.45) is 0 Å². The molecule has 0 unspecified atom stereocenters. The van der Waals surface area contributed by atoms with E-state index in [4.69, 9.17) is 5.11 Å². The molecule has 0 aromatic heterocycles. The third kappa shape index (κ3) is 15.9. The fourth-order valence-electron chi connectivity index (χ4n) is 1.25. The van der Waals surface area contributed by atoms with E-state index in [0.29, 0.717) is 26.2 Å². The van der Waals surface area contributed by atoms with E-state index in [1.54, 1.807) is 6.08 Å². The summed E-state index contributed by atoms with van der Waals surface area (Å²) in [6.45, 7) is 4.28. The summed E-state index contributed by atoms with van der Waals surface area (Å²) in [5.41, 5.74) is 0. The number of allylic oxidation sites excluding steroid dienone is 1. The Kier molecular flexibility index (Phi) is 16.9. The van der Waals surface area contributed by atoms with Crippen LogP contribution >= 0.6 is 0 Å². The quantitative estimate of drug-likeness (QED) is 0.212. The molecular formula is C12H23N2NaO3. The monoisotopic (exact) mass is 266 g/mol. The molecule has 0 saturated carbocycles. The Labute approximate surface area is 131 Å². The summed E-state index contributed by atoms with van der Waals surface area (Å²) < 4.78 is 0. The molecule has 0 radical (unpaired) electrons. The molecule has 3 N–H and O–H groups in total. The van der Waals surface area contributed by atoms with Gasteiger partial charge in [-0.2, -0.15) is 0 Å². The van der Waals surface area contributed by atoms with E-state index in [2.05, 4.69) is 17.6 Å². The van der Waals surface area contributed by atoms with Crippen LogP contribution in [-0.4, -0.2) is 37.3 Å². The van der Waals surface area contributed by atoms with E-state index in [0.717, 1.165) is 19.3 Å². The van der Waals surface area contributed by atoms with E-state index >= 15 is 0 Å². The zero-order valence-electron chi connectivity index (χ0n) is 11.5. The number of hydrogen-bond donors (Lipinski definition) is 3. The number of carboxylic acid groups (broad SMARTS) is 1. The minimum Gasteiger partial charge on any atom is -0.875 e. The second-order valence-corrected chi connectivity index (χ2v) is 3.88. The molecule has 0 aromatic rings. The summed E-state index contributed by atoms with van der Waals surface area (Å²) in [7, 11) is 0. The Morgan fingerprint density at radius 2 is 1.94 bits per heavy atom. The minimum atomic E-state index is -0.800. The van der Waals surface area contributed by atoms with Crippen molar-refractivity contribution in [3.8, 4) is 0 Å². The number of unbranched alkanes of at least 4 members (excludes halogenated alkanes) is 2. The first-order valence-electron chi connectivity index (χ1n) is 6.16. The maximum Gasteiger partial charge on any atom is 1.00 e. The Morgan fingerprint density at radius 3 is 2.56 bits per heavy atom. The standard InChI is InChI=1S/C12H24N2O3.Na/c1-2-3-4-5-11(15)10-14-9-8-13-7-6-12(16)17;/h5,13-15H,2-4,6-10H2,1H3,(H,16,17);/q;+1/p-1/b11-5-;. The molecule has 0 heterocycles. The van der Waals surface area contributed by atoms with E-state index in [9.17, 15) is 9.90 Å². The van der Waals surface area contributed by atoms with Gasteiger partial charge in [0.25, 0.3) is 0 Å². The van der Waals surface area contributed by atoms with Gasteiger partial charge in [-0.3, -0.25) is 4.79 Å². The predicted octanol–water partition coefficient (Wildman–Crippen LogP) is -2.92. The normalized spacial score (nSPS) is 11.1. The Morgan fingerprint density at radius 1 is 1.28 bits per heavy atom. The zero-order chi connectivity index (χ0) is 12.9. The molecule has 0 fully saturated rings. The van der Waals surface area contributed by atoms with Gasteiger partial charge in [-0.25, -0.2) is 0 Å². The average Bonchev–Trinajstić information content (AvgIpc) is 2.28. The molecule has 0 aliphatic heterocycles. The number of carboxylic acids is 1. The van der Waals surface area contributed by atoms with Crippen LogP contribution in [0.3, 0.4) is 0 Å². The van der Waals surface area contributed by atoms with Gasteiger partial charge >= 0.3 is 35.5 Å². The first-order chi connectivity index (χ1) is 8.16. The van der Waals surface area contributed by atoms with Gasteiger partial charge in [0.1, 0.15) is 0 Å². The maximum absolute atomic E-state index is 11.3. The summed E-state index contributed by atoms with van der Waals surface area (Å²) in [6.07, 6.45) is 4.87. The topological polar surface area (TPSA) is 84.4 Å². The maximum atomic E-state index is 11.3. The SMILES string of the molecule is CCCC/C=C(\[O-])CNCCNCCC(=O)O.[Na+]. The van der Waals surface area contributed by atoms with Gasteiger partial charge in [0.15, 0.2) is 0 Å². The van der Waals surface area contributed by atoms with Crippen molar-refractivity contribution < 1.29 is 44.6 Å². The molecule has 0 spiro atoms. The van der Waals surface area contributed by atoms with Gasteiger partial charge < -0.3 is 20.8 Å². The molecule has 0 aliphatic carbocycles. The van der Waals surface area contributed by atoms with Gasteiger partial charge in [-0.15, -0.1) is 5.76 Å². The zero-order valence-corrected chi connectivity index (χ0v) is 13.5. The van der Waals surface area contributed by atoms with E-state index in [1.165, 1.54) is 0 Å². The van der Waals surface area contributed by atoms with E-state index in [1.807, 2.05) is 0 Å². The summed E-state index contributed by atoms with van der Waals surface area (Å²) in [5.74, 6) is -0.671. The molecule has 6 heteroatoms. The van der Waals surface area contributed by atoms with Crippen LogP contribution in [0.2, 0.25) is 0 Å². The van der Waals surface area contributed by atoms with Crippen LogP contribution in [0.4, 0.5) is 0 Å². The number of carbonyl (C=O) groups is 1. The van der Waals surface area contributed by atoms with Gasteiger partial charge in [0.2, 0.25) is 0 Å². The van der Waals surface area contributed by atoms with Crippen LogP contribution in [0.25, 0.3) is 0 Å². The minimum absolute atomic E-state index is 0. The van der Waals surface area contributed by atoms with Crippen molar-refractivity contribution in [2.75, 3.05) is 26.2 Å². The smallest absolute Gasteiger partial charge is 0.875 e. The predicted molar refractivity (Wildman–Crippen MR) is 65.6 cm³/mol. The molecule has 0 saturated heterocycles. The molecule has 100 valence electrons. The summed E-state index contributed by atoms with van der Waals surface area (Å²) in [5, 5.41) is 25.7. The second kappa shape index (κ2) is 15.0. The second-order valence-electron chi connectivity index (χ2n) is 3.88. The summed E-state index contributed by atoms with van der Waals surface area (Å²) in [6, 6.07) is 0. The molecular weight excluding hydrogens is 243 g/mol. The molecule has 0 aliphatic rings. The van der Waals surface area contributed by atoms with Crippen LogP contribution in [0.1, 0.15) is 32.6 Å². The number of nitrogens with one attached hydrogen (secondary N) is 2. The molecule has 0 rings (SSSR count). The Hall–Kier alpha value is -0.0700. The van der Waals surface area contributed by atoms with Crippen LogP contribution in [0, 0.1) is 0 Å². The summed E-state index contributed by atoms with van der Waals surface area (Å²) >= 11 is 0. The largest absolute Gasteiger partial charge is 1.00 e. The number of aliphatic carboxylic acids is 1. The fraction of sp³-hybridized carbons (Fsp3) is 0.750. The van der Waals surface area contributed by atoms with Crippen molar-refractivity contribution in [1.29, 1.82) is 0 Å². The van der Waals surface area contributed by atoms with Crippen molar-refractivity contribution in [2.45, 2.75) is 32.6 Å². The molecule has 18 heavy (non-hydrogen) atoms. The molecule has 0 amide bonds. The van der Waals surface area contributed by atoms with Crippen molar-refractivity contribution in [1.82, 2.24) is 10.6 Å². The molecule has 0 bridgehead atoms. The van der Waals surface area contributed by atoms with Crippen molar-refractivity contribution in [3.63, 3.8) is 0 Å². The van der Waals surface area contributed by atoms with Crippen molar-refractivity contribution in [3.05, 3.63) is 11.8 Å². The van der Waals surface area contributed by atoms with Crippen LogP contribution in [0.5, 0.6) is 0 Å². The van der Waals surface area contributed by atoms with Gasteiger partial charge in [0.05, 0.1) is 6.42 Å². The first kappa shape index (κ1) is 20.3. The van der Waals surface area contributed by atoms with Crippen LogP contribution < -0.4 is 45.3 Å². The first-order valence-corrected chi connectivity index (χ1v) is 6.16. The Bertz CT molecular complexity index is 235. The van der Waals surface area contributed by atoms with Gasteiger partial charge in [-0.05, 0) is 6.42 Å². The van der Waals surface area contributed by atoms with Gasteiger partial charge in [0, 0.05) is 26.2 Å². The number of rotatable bonds is 11. The fourth-order valence-corrected chi connectivity index (χ4v) is 1.25. The van der Waals surface area contributed by atoms with Crippen LogP contribution in [-0.2, 0) is 4.79 Å². The Balaban J connectivity index is 0. The molecule has 5 nitrogen and oxygen atoms in total. The van der Waals surface area contributed by atoms with Gasteiger partial charge in [-0.1, -0.05) is 25.8 Å². The summed E-state index contributed by atoms with van der Waals surface area (Å²) in [4.78, 5) is 10.2. The average molecular weight is 266 g/mol. The van der Waals surface area contributed by atoms with E-state index in [-0.39, 0.29) is 41.7 Å². The molecule has 0 aromatic carbocycles. The van der Waals surface area contributed by atoms with Crippen molar-refractivity contribution >= 4 is 5.97 Å². The van der Waals surface area contributed by atoms with E-state index < -0.39 is 5.97 Å². The molecule has 0 atom stereocenters.